The number of carbonyl (C=O) groups excluding carboxylic acids is 1. The Balaban J connectivity index is 2.47. The summed E-state index contributed by atoms with van der Waals surface area (Å²) in [6, 6.07) is 10.2. The molecule has 3 N–H and O–H groups in total. The summed E-state index contributed by atoms with van der Waals surface area (Å²) in [6.07, 6.45) is 3.40. The van der Waals surface area contributed by atoms with Gasteiger partial charge in [-0.2, -0.15) is 0 Å². The van der Waals surface area contributed by atoms with Crippen LogP contribution in [-0.2, 0) is 6.42 Å². The Labute approximate surface area is 121 Å². The second-order valence-electron chi connectivity index (χ2n) is 5.21. The lowest BCUT2D eigenvalue weighted by Gasteiger charge is -2.20. The van der Waals surface area contributed by atoms with Gasteiger partial charge in [-0.25, -0.2) is 4.79 Å². The molecule has 0 radical (unpaired) electrons. The molecule has 0 saturated carbocycles. The molecule has 0 saturated heterocycles. The van der Waals surface area contributed by atoms with E-state index in [1.165, 1.54) is 5.56 Å². The third-order valence-electron chi connectivity index (χ3n) is 3.24. The highest BCUT2D eigenvalue weighted by Crippen LogP contribution is 2.07. The molecule has 0 aromatic heterocycles. The van der Waals surface area contributed by atoms with Gasteiger partial charge in [-0.05, 0) is 31.7 Å². The Bertz CT molecular complexity index is 381. The molecule has 0 aliphatic carbocycles. The number of benzene rings is 1. The maximum Gasteiger partial charge on any atom is 0.315 e. The van der Waals surface area contributed by atoms with Gasteiger partial charge in [-0.15, -0.1) is 0 Å². The lowest BCUT2D eigenvalue weighted by atomic mass is 10.0. The number of rotatable bonds is 8. The predicted octanol–water partition coefficient (Wildman–Crippen LogP) is 2.47. The second-order valence-corrected chi connectivity index (χ2v) is 5.21. The van der Waals surface area contributed by atoms with E-state index in [-0.39, 0.29) is 24.7 Å². The smallest absolute Gasteiger partial charge is 0.315 e. The normalized spacial score (nSPS) is 13.6. The molecule has 112 valence electrons. The first kappa shape index (κ1) is 16.5. The molecule has 4 nitrogen and oxygen atoms in total. The largest absolute Gasteiger partial charge is 0.396 e. The molecule has 2 amide bonds. The van der Waals surface area contributed by atoms with E-state index in [2.05, 4.69) is 29.7 Å². The van der Waals surface area contributed by atoms with Crippen LogP contribution >= 0.6 is 0 Å². The van der Waals surface area contributed by atoms with Gasteiger partial charge < -0.3 is 15.7 Å². The van der Waals surface area contributed by atoms with Crippen molar-refractivity contribution in [3.05, 3.63) is 35.9 Å². The first-order valence-corrected chi connectivity index (χ1v) is 7.37. The summed E-state index contributed by atoms with van der Waals surface area (Å²) in [6.45, 7) is 4.09. The van der Waals surface area contributed by atoms with Crippen molar-refractivity contribution in [1.82, 2.24) is 10.6 Å². The average Bonchev–Trinajstić information content (AvgIpc) is 2.40. The van der Waals surface area contributed by atoms with Crippen LogP contribution in [0.15, 0.2) is 30.3 Å². The van der Waals surface area contributed by atoms with Crippen molar-refractivity contribution in [2.45, 2.75) is 51.6 Å². The van der Waals surface area contributed by atoms with E-state index in [1.54, 1.807) is 0 Å². The van der Waals surface area contributed by atoms with Crippen LogP contribution in [-0.4, -0.2) is 29.8 Å². The molecule has 1 unspecified atom stereocenters. The summed E-state index contributed by atoms with van der Waals surface area (Å²) in [5.41, 5.74) is 1.23. The minimum atomic E-state index is -0.152. The number of hydrogen-bond donors (Lipinski definition) is 3. The van der Waals surface area contributed by atoms with Crippen LogP contribution in [0.5, 0.6) is 0 Å². The van der Waals surface area contributed by atoms with Crippen LogP contribution in [0.4, 0.5) is 4.79 Å². The Morgan fingerprint density at radius 1 is 1.20 bits per heavy atom. The van der Waals surface area contributed by atoms with Crippen molar-refractivity contribution in [3.8, 4) is 0 Å². The van der Waals surface area contributed by atoms with Gasteiger partial charge in [0.1, 0.15) is 0 Å². The summed E-state index contributed by atoms with van der Waals surface area (Å²) in [5.74, 6) is 0. The van der Waals surface area contributed by atoms with E-state index in [0.29, 0.717) is 6.42 Å². The van der Waals surface area contributed by atoms with Crippen molar-refractivity contribution in [2.24, 2.45) is 0 Å². The van der Waals surface area contributed by atoms with Gasteiger partial charge in [0.05, 0.1) is 0 Å². The van der Waals surface area contributed by atoms with Gasteiger partial charge >= 0.3 is 6.03 Å². The highest BCUT2D eigenvalue weighted by Gasteiger charge is 2.13. The standard InChI is InChI=1S/C16H26N2O2/c1-3-7-15(12-14-8-5-4-6-9-14)18-16(20)17-13(2)10-11-19/h4-6,8-9,13,15,19H,3,7,10-12H2,1-2H3,(H2,17,18,20)/t13-,15?/m1/s1. The molecule has 1 aromatic carbocycles. The van der Waals surface area contributed by atoms with Crippen molar-refractivity contribution in [3.63, 3.8) is 0 Å². The molecule has 0 spiro atoms. The molecule has 1 rings (SSSR count). The number of amides is 2. The molecule has 1 aromatic rings. The van der Waals surface area contributed by atoms with Crippen LogP contribution in [0.1, 0.15) is 38.7 Å². The van der Waals surface area contributed by atoms with Gasteiger partial charge in [0, 0.05) is 18.7 Å². The molecule has 0 fully saturated rings. The number of nitrogens with one attached hydrogen (secondary N) is 2. The van der Waals surface area contributed by atoms with Crippen LogP contribution in [0.3, 0.4) is 0 Å². The number of hydrogen-bond acceptors (Lipinski definition) is 2. The zero-order valence-electron chi connectivity index (χ0n) is 12.4. The van der Waals surface area contributed by atoms with Gasteiger partial charge in [0.15, 0.2) is 0 Å². The summed E-state index contributed by atoms with van der Waals surface area (Å²) >= 11 is 0. The molecule has 0 aliphatic heterocycles. The second kappa shape index (κ2) is 9.37. The molecular formula is C16H26N2O2. The quantitative estimate of drug-likeness (QED) is 0.684. The molecule has 20 heavy (non-hydrogen) atoms. The first-order valence-electron chi connectivity index (χ1n) is 7.37. The van der Waals surface area contributed by atoms with Crippen LogP contribution < -0.4 is 10.6 Å². The summed E-state index contributed by atoms with van der Waals surface area (Å²) in [5, 5.41) is 14.7. The van der Waals surface area contributed by atoms with Gasteiger partial charge in [-0.1, -0.05) is 43.7 Å². The van der Waals surface area contributed by atoms with Crippen LogP contribution in [0.2, 0.25) is 0 Å². The van der Waals surface area contributed by atoms with Gasteiger partial charge in [0.25, 0.3) is 0 Å². The minimum absolute atomic E-state index is 0.0148. The van der Waals surface area contributed by atoms with E-state index in [9.17, 15) is 4.79 Å². The fourth-order valence-corrected chi connectivity index (χ4v) is 2.19. The molecule has 4 heteroatoms. The number of carbonyl (C=O) groups is 1. The zero-order valence-corrected chi connectivity index (χ0v) is 12.4. The van der Waals surface area contributed by atoms with Crippen LogP contribution in [0, 0.1) is 0 Å². The topological polar surface area (TPSA) is 61.4 Å². The maximum atomic E-state index is 11.9. The molecule has 0 aliphatic rings. The third kappa shape index (κ3) is 6.57. The Morgan fingerprint density at radius 3 is 2.50 bits per heavy atom. The summed E-state index contributed by atoms with van der Waals surface area (Å²) in [7, 11) is 0. The third-order valence-corrected chi connectivity index (χ3v) is 3.24. The molecule has 0 heterocycles. The fourth-order valence-electron chi connectivity index (χ4n) is 2.19. The monoisotopic (exact) mass is 278 g/mol. The molecule has 0 bridgehead atoms. The summed E-state index contributed by atoms with van der Waals surface area (Å²) in [4.78, 5) is 11.9. The number of aliphatic hydroxyl groups is 1. The Hall–Kier alpha value is -1.55. The van der Waals surface area contributed by atoms with E-state index in [1.807, 2.05) is 25.1 Å². The lowest BCUT2D eigenvalue weighted by Crippen LogP contribution is -2.46. The van der Waals surface area contributed by atoms with E-state index < -0.39 is 0 Å². The minimum Gasteiger partial charge on any atom is -0.396 e. The van der Waals surface area contributed by atoms with Gasteiger partial charge in [0.2, 0.25) is 0 Å². The van der Waals surface area contributed by atoms with Gasteiger partial charge in [-0.3, -0.25) is 0 Å². The number of urea groups is 1. The Morgan fingerprint density at radius 2 is 1.90 bits per heavy atom. The lowest BCUT2D eigenvalue weighted by molar-refractivity contribution is 0.226. The Kier molecular flexibility index (Phi) is 7.73. The first-order chi connectivity index (χ1) is 9.65. The SMILES string of the molecule is CCCC(Cc1ccccc1)NC(=O)N[C@H](C)CCO. The fraction of sp³-hybridized carbons (Fsp3) is 0.562. The van der Waals surface area contributed by atoms with Crippen LogP contribution in [0.25, 0.3) is 0 Å². The van der Waals surface area contributed by atoms with E-state index in [4.69, 9.17) is 5.11 Å². The number of aliphatic hydroxyl groups excluding tert-OH is 1. The highest BCUT2D eigenvalue weighted by molar-refractivity contribution is 5.74. The van der Waals surface area contributed by atoms with E-state index >= 15 is 0 Å². The highest BCUT2D eigenvalue weighted by atomic mass is 16.3. The average molecular weight is 278 g/mol. The van der Waals surface area contributed by atoms with E-state index in [0.717, 1.165) is 19.3 Å². The van der Waals surface area contributed by atoms with Crippen molar-refractivity contribution < 1.29 is 9.90 Å². The van der Waals surface area contributed by atoms with Crippen molar-refractivity contribution in [1.29, 1.82) is 0 Å². The molecular weight excluding hydrogens is 252 g/mol. The molecule has 2 atom stereocenters. The zero-order chi connectivity index (χ0) is 14.8. The van der Waals surface area contributed by atoms with Crippen molar-refractivity contribution in [2.75, 3.05) is 6.61 Å². The summed E-state index contributed by atoms with van der Waals surface area (Å²) < 4.78 is 0. The predicted molar refractivity (Wildman–Crippen MR) is 81.7 cm³/mol. The van der Waals surface area contributed by atoms with Crippen molar-refractivity contribution >= 4 is 6.03 Å². The maximum absolute atomic E-state index is 11.9.